The zero-order valence-corrected chi connectivity index (χ0v) is 18.1. The Balaban J connectivity index is 1.52. The molecule has 0 saturated heterocycles. The van der Waals surface area contributed by atoms with Crippen LogP contribution in [0.25, 0.3) is 48.6 Å². The number of thiophene rings is 4. The van der Waals surface area contributed by atoms with Crippen LogP contribution in [0.2, 0.25) is 0 Å². The summed E-state index contributed by atoms with van der Waals surface area (Å²) in [6.45, 7) is 0. The molecule has 8 bridgehead atoms. The molecule has 0 aliphatic carbocycles. The predicted octanol–water partition coefficient (Wildman–Crippen LogP) is 8.93. The fraction of sp³-hybridized carbons (Fsp3) is 0. The van der Waals surface area contributed by atoms with E-state index in [1.54, 1.807) is 0 Å². The van der Waals surface area contributed by atoms with Crippen LogP contribution in [-0.2, 0) is 0 Å². The van der Waals surface area contributed by atoms with E-state index in [1.165, 1.54) is 39.0 Å². The lowest BCUT2D eigenvalue weighted by atomic mass is 10.3. The average Bonchev–Trinajstić information content (AvgIpc) is 3.49. The van der Waals surface area contributed by atoms with E-state index in [-0.39, 0.29) is 0 Å². The highest BCUT2D eigenvalue weighted by Crippen LogP contribution is 2.28. The van der Waals surface area contributed by atoms with Gasteiger partial charge in [-0.1, -0.05) is 0 Å². The monoisotopic (exact) mass is 432 g/mol. The molecule has 0 spiro atoms. The SMILES string of the molecule is C1=Cc2ccc(s2)/C=C\c2ccc(s2)/C=C\c2ccc(s2)/C=C\c2ccc1s2. The van der Waals surface area contributed by atoms with Crippen molar-refractivity contribution in [2.24, 2.45) is 0 Å². The largest absolute Gasteiger partial charge is 0.137 e. The molecule has 4 aromatic rings. The van der Waals surface area contributed by atoms with Gasteiger partial charge in [0.2, 0.25) is 0 Å². The Labute approximate surface area is 180 Å². The van der Waals surface area contributed by atoms with Crippen molar-refractivity contribution in [3.8, 4) is 0 Å². The lowest BCUT2D eigenvalue weighted by molar-refractivity contribution is 1.89. The predicted molar refractivity (Wildman–Crippen MR) is 133 cm³/mol. The first-order valence-corrected chi connectivity index (χ1v) is 12.2. The van der Waals surface area contributed by atoms with Crippen LogP contribution >= 0.6 is 45.3 Å². The number of hydrogen-bond donors (Lipinski definition) is 0. The van der Waals surface area contributed by atoms with Crippen molar-refractivity contribution in [1.82, 2.24) is 0 Å². The minimum Gasteiger partial charge on any atom is -0.137 e. The molecule has 0 aromatic carbocycles. The Morgan fingerprint density at radius 3 is 0.536 bits per heavy atom. The molecule has 5 heterocycles. The molecule has 0 fully saturated rings. The first kappa shape index (κ1) is 17.8. The van der Waals surface area contributed by atoms with Crippen LogP contribution in [0.15, 0.2) is 48.5 Å². The van der Waals surface area contributed by atoms with Crippen molar-refractivity contribution in [1.29, 1.82) is 0 Å². The second kappa shape index (κ2) is 8.02. The lowest BCUT2D eigenvalue weighted by Gasteiger charge is -1.88. The van der Waals surface area contributed by atoms with Gasteiger partial charge in [-0.05, 0) is 97.1 Å². The molecule has 0 radical (unpaired) electrons. The molecule has 0 nitrogen and oxygen atoms in total. The van der Waals surface area contributed by atoms with Gasteiger partial charge in [-0.15, -0.1) is 45.3 Å². The third-order valence-corrected chi connectivity index (χ3v) is 8.30. The molecule has 4 heteroatoms. The number of fused-ring (bicyclic) bond motifs is 8. The van der Waals surface area contributed by atoms with Gasteiger partial charge >= 0.3 is 0 Å². The molecule has 0 unspecified atom stereocenters. The second-order valence-corrected chi connectivity index (χ2v) is 10.9. The van der Waals surface area contributed by atoms with Gasteiger partial charge in [-0.25, -0.2) is 0 Å². The third kappa shape index (κ3) is 4.26. The summed E-state index contributed by atoms with van der Waals surface area (Å²) in [5, 5.41) is 0. The second-order valence-electron chi connectivity index (χ2n) is 6.29. The minimum atomic E-state index is 1.28. The van der Waals surface area contributed by atoms with Gasteiger partial charge < -0.3 is 0 Å². The molecule has 0 amide bonds. The third-order valence-electron chi connectivity index (χ3n) is 4.24. The van der Waals surface area contributed by atoms with Crippen LogP contribution in [0.4, 0.5) is 0 Å². The molecule has 1 aliphatic rings. The fourth-order valence-corrected chi connectivity index (χ4v) is 6.11. The van der Waals surface area contributed by atoms with E-state index >= 15 is 0 Å². The van der Waals surface area contributed by atoms with Gasteiger partial charge in [-0.2, -0.15) is 0 Å². The molecule has 0 N–H and O–H groups in total. The van der Waals surface area contributed by atoms with Crippen molar-refractivity contribution in [3.05, 3.63) is 87.5 Å². The summed E-state index contributed by atoms with van der Waals surface area (Å²) in [6, 6.07) is 17.5. The minimum absolute atomic E-state index is 1.28. The van der Waals surface area contributed by atoms with Gasteiger partial charge in [0.05, 0.1) is 0 Å². The van der Waals surface area contributed by atoms with E-state index in [0.717, 1.165) is 0 Å². The molecule has 4 aromatic heterocycles. The summed E-state index contributed by atoms with van der Waals surface area (Å²) in [7, 11) is 0. The van der Waals surface area contributed by atoms with Crippen LogP contribution in [-0.4, -0.2) is 0 Å². The lowest BCUT2D eigenvalue weighted by Crippen LogP contribution is -1.59. The molecule has 1 aliphatic heterocycles. The van der Waals surface area contributed by atoms with Crippen LogP contribution in [0, 0.1) is 0 Å². The van der Waals surface area contributed by atoms with Gasteiger partial charge in [0, 0.05) is 39.0 Å². The van der Waals surface area contributed by atoms with E-state index in [4.69, 9.17) is 0 Å². The quantitative estimate of drug-likeness (QED) is 0.229. The van der Waals surface area contributed by atoms with Crippen LogP contribution in [0.3, 0.4) is 0 Å². The zero-order chi connectivity index (χ0) is 18.8. The Morgan fingerprint density at radius 2 is 0.393 bits per heavy atom. The maximum absolute atomic E-state index is 2.21. The fourth-order valence-electron chi connectivity index (χ4n) is 2.85. The molecule has 0 atom stereocenters. The summed E-state index contributed by atoms with van der Waals surface area (Å²) in [5.41, 5.74) is 0. The van der Waals surface area contributed by atoms with Crippen molar-refractivity contribution in [3.63, 3.8) is 0 Å². The summed E-state index contributed by atoms with van der Waals surface area (Å²) in [6.07, 6.45) is 17.7. The Morgan fingerprint density at radius 1 is 0.250 bits per heavy atom. The summed E-state index contributed by atoms with van der Waals surface area (Å²) in [4.78, 5) is 10.2. The van der Waals surface area contributed by atoms with Gasteiger partial charge in [0.1, 0.15) is 0 Å². The highest BCUT2D eigenvalue weighted by atomic mass is 32.1. The van der Waals surface area contributed by atoms with Crippen molar-refractivity contribution < 1.29 is 0 Å². The Hall–Kier alpha value is -2.24. The molecule has 0 saturated carbocycles. The average molecular weight is 433 g/mol. The van der Waals surface area contributed by atoms with Gasteiger partial charge in [-0.3, -0.25) is 0 Å². The van der Waals surface area contributed by atoms with Crippen LogP contribution in [0.5, 0.6) is 0 Å². The van der Waals surface area contributed by atoms with Crippen LogP contribution < -0.4 is 0 Å². The molecular weight excluding hydrogens is 417 g/mol. The van der Waals surface area contributed by atoms with Crippen molar-refractivity contribution >= 4 is 94.0 Å². The van der Waals surface area contributed by atoms with Gasteiger partial charge in [0.15, 0.2) is 0 Å². The van der Waals surface area contributed by atoms with Crippen molar-refractivity contribution in [2.75, 3.05) is 0 Å². The summed E-state index contributed by atoms with van der Waals surface area (Å²) >= 11 is 7.27. The first-order valence-electron chi connectivity index (χ1n) is 8.92. The molecule has 28 heavy (non-hydrogen) atoms. The normalized spacial score (nSPS) is 16.6. The Bertz CT molecular complexity index is 942. The van der Waals surface area contributed by atoms with E-state index in [9.17, 15) is 0 Å². The molecular formula is C24H16S4. The van der Waals surface area contributed by atoms with Crippen molar-refractivity contribution in [2.45, 2.75) is 0 Å². The standard InChI is InChI=1S/C24H16S4/c1-2-18-11-12-20-5-6-22(27-20)15-16-24-8-7-23(28-24)14-13-21-4-3-19(26-21)10-9-17(1)25-18/h1-16H/b10-9-,12-11-,14-13-,16-15?,17-9?,18-11?,19-10?,20-12?,21-13?,22-15?,23-14?,24-16?. The molecule has 136 valence electrons. The number of hydrogen-bond acceptors (Lipinski definition) is 4. The summed E-state index contributed by atoms with van der Waals surface area (Å²) < 4.78 is 0. The topological polar surface area (TPSA) is 0 Å². The van der Waals surface area contributed by atoms with Gasteiger partial charge in [0.25, 0.3) is 0 Å². The molecule has 5 rings (SSSR count). The smallest absolute Gasteiger partial charge is 0.0277 e. The highest BCUT2D eigenvalue weighted by Gasteiger charge is 2.00. The zero-order valence-electron chi connectivity index (χ0n) is 14.9. The van der Waals surface area contributed by atoms with E-state index in [0.29, 0.717) is 0 Å². The number of rotatable bonds is 0. The first-order chi connectivity index (χ1) is 13.8. The maximum Gasteiger partial charge on any atom is 0.0277 e. The maximum atomic E-state index is 2.21. The Kier molecular flexibility index (Phi) is 5.10. The van der Waals surface area contributed by atoms with E-state index in [1.807, 2.05) is 45.3 Å². The highest BCUT2D eigenvalue weighted by molar-refractivity contribution is 7.16. The van der Waals surface area contributed by atoms with E-state index < -0.39 is 0 Å². The van der Waals surface area contributed by atoms with E-state index in [2.05, 4.69) is 97.1 Å². The summed E-state index contributed by atoms with van der Waals surface area (Å²) in [5.74, 6) is 0. The van der Waals surface area contributed by atoms with Crippen LogP contribution in [0.1, 0.15) is 39.0 Å².